The first-order chi connectivity index (χ1) is 10.8. The van der Waals surface area contributed by atoms with Crippen molar-refractivity contribution in [2.75, 3.05) is 20.2 Å². The molecule has 1 aliphatic heterocycles. The maximum absolute atomic E-state index is 12.6. The van der Waals surface area contributed by atoms with Crippen LogP contribution >= 0.6 is 0 Å². The van der Waals surface area contributed by atoms with Crippen LogP contribution in [0.1, 0.15) is 43.5 Å². The summed E-state index contributed by atoms with van der Waals surface area (Å²) in [6.45, 7) is 4.92. The molecular weight excluding hydrogens is 316 g/mol. The highest BCUT2D eigenvalue weighted by atomic mass is 32.2. The van der Waals surface area contributed by atoms with Crippen LogP contribution < -0.4 is 9.46 Å². The Hall–Kier alpha value is -1.60. The lowest BCUT2D eigenvalue weighted by atomic mass is 10.1. The quantitative estimate of drug-likeness (QED) is 0.889. The van der Waals surface area contributed by atoms with Gasteiger partial charge in [0, 0.05) is 24.7 Å². The van der Waals surface area contributed by atoms with Gasteiger partial charge in [-0.2, -0.15) is 0 Å². The first kappa shape index (κ1) is 17.7. The highest BCUT2D eigenvalue weighted by Gasteiger charge is 2.24. The Balaban J connectivity index is 2.37. The highest BCUT2D eigenvalue weighted by molar-refractivity contribution is 7.89. The number of sulfonamides is 1. The standard InChI is InChI=1S/C16H24N2O4S/c1-12(2)17-23(20,21)15-11-13(7-8-14(15)22-3)16(19)18-9-5-4-6-10-18/h7-8,11-12,17H,4-6,9-10H2,1-3H3. The third-order valence-electron chi connectivity index (χ3n) is 3.73. The molecule has 2 rings (SSSR count). The van der Waals surface area contributed by atoms with E-state index in [4.69, 9.17) is 4.74 Å². The van der Waals surface area contributed by atoms with E-state index < -0.39 is 10.0 Å². The van der Waals surface area contributed by atoms with Crippen molar-refractivity contribution in [1.29, 1.82) is 0 Å². The van der Waals surface area contributed by atoms with Gasteiger partial charge in [-0.05, 0) is 51.3 Å². The van der Waals surface area contributed by atoms with E-state index in [1.165, 1.54) is 19.2 Å². The van der Waals surface area contributed by atoms with Gasteiger partial charge in [0.1, 0.15) is 10.6 Å². The molecule has 0 atom stereocenters. The summed E-state index contributed by atoms with van der Waals surface area (Å²) in [5.41, 5.74) is 0.372. The van der Waals surface area contributed by atoms with Crippen LogP contribution in [0.4, 0.5) is 0 Å². The summed E-state index contributed by atoms with van der Waals surface area (Å²) in [5.74, 6) is 0.0988. The number of benzene rings is 1. The lowest BCUT2D eigenvalue weighted by Gasteiger charge is -2.27. The number of hydrogen-bond acceptors (Lipinski definition) is 4. The molecule has 1 N–H and O–H groups in total. The predicted octanol–water partition coefficient (Wildman–Crippen LogP) is 2.01. The SMILES string of the molecule is COc1ccc(C(=O)N2CCCCC2)cc1S(=O)(=O)NC(C)C. The first-order valence-electron chi connectivity index (χ1n) is 7.85. The largest absolute Gasteiger partial charge is 0.495 e. The van der Waals surface area contributed by atoms with Crippen molar-refractivity contribution in [1.82, 2.24) is 9.62 Å². The van der Waals surface area contributed by atoms with E-state index in [1.54, 1.807) is 24.8 Å². The van der Waals surface area contributed by atoms with E-state index in [0.717, 1.165) is 32.4 Å². The number of methoxy groups -OCH3 is 1. The molecule has 0 bridgehead atoms. The van der Waals surface area contributed by atoms with E-state index in [2.05, 4.69) is 4.72 Å². The van der Waals surface area contributed by atoms with Crippen LogP contribution in [-0.4, -0.2) is 45.5 Å². The molecule has 0 aliphatic carbocycles. The topological polar surface area (TPSA) is 75.7 Å². The normalized spacial score (nSPS) is 15.7. The van der Waals surface area contributed by atoms with E-state index in [-0.39, 0.29) is 22.6 Å². The van der Waals surface area contributed by atoms with Gasteiger partial charge < -0.3 is 9.64 Å². The zero-order chi connectivity index (χ0) is 17.0. The monoisotopic (exact) mass is 340 g/mol. The number of likely N-dealkylation sites (tertiary alicyclic amines) is 1. The molecule has 128 valence electrons. The van der Waals surface area contributed by atoms with Gasteiger partial charge in [0.2, 0.25) is 10.0 Å². The Labute approximate surface area is 137 Å². The average molecular weight is 340 g/mol. The summed E-state index contributed by atoms with van der Waals surface area (Å²) < 4.78 is 32.6. The van der Waals surface area contributed by atoms with Crippen LogP contribution in [0, 0.1) is 0 Å². The van der Waals surface area contributed by atoms with Gasteiger partial charge in [0.15, 0.2) is 0 Å². The van der Waals surface area contributed by atoms with Gasteiger partial charge in [-0.3, -0.25) is 4.79 Å². The average Bonchev–Trinajstić information content (AvgIpc) is 2.53. The van der Waals surface area contributed by atoms with Gasteiger partial charge in [-0.1, -0.05) is 0 Å². The van der Waals surface area contributed by atoms with Gasteiger partial charge in [-0.15, -0.1) is 0 Å². The summed E-state index contributed by atoms with van der Waals surface area (Å²) in [6.07, 6.45) is 3.11. The smallest absolute Gasteiger partial charge is 0.253 e. The van der Waals surface area contributed by atoms with Crippen molar-refractivity contribution in [3.8, 4) is 5.75 Å². The lowest BCUT2D eigenvalue weighted by Crippen LogP contribution is -2.36. The number of hydrogen-bond donors (Lipinski definition) is 1. The zero-order valence-electron chi connectivity index (χ0n) is 13.8. The molecule has 6 nitrogen and oxygen atoms in total. The molecule has 1 aromatic carbocycles. The Morgan fingerprint density at radius 2 is 1.87 bits per heavy atom. The van der Waals surface area contributed by atoms with Crippen LogP contribution in [0.3, 0.4) is 0 Å². The third kappa shape index (κ3) is 4.23. The minimum atomic E-state index is -3.73. The lowest BCUT2D eigenvalue weighted by molar-refractivity contribution is 0.0724. The van der Waals surface area contributed by atoms with Crippen molar-refractivity contribution in [2.24, 2.45) is 0 Å². The third-order valence-corrected chi connectivity index (χ3v) is 5.41. The van der Waals surface area contributed by atoms with Gasteiger partial charge in [-0.25, -0.2) is 13.1 Å². The van der Waals surface area contributed by atoms with Crippen molar-refractivity contribution in [3.05, 3.63) is 23.8 Å². The minimum Gasteiger partial charge on any atom is -0.495 e. The van der Waals surface area contributed by atoms with Crippen LogP contribution in [0.15, 0.2) is 23.1 Å². The summed E-state index contributed by atoms with van der Waals surface area (Å²) in [5, 5.41) is 0. The summed E-state index contributed by atoms with van der Waals surface area (Å²) >= 11 is 0. The molecule has 1 saturated heterocycles. The number of piperidine rings is 1. The second-order valence-electron chi connectivity index (χ2n) is 5.99. The molecule has 1 aromatic rings. The van der Waals surface area contributed by atoms with E-state index in [1.807, 2.05) is 0 Å². The number of amides is 1. The second-order valence-corrected chi connectivity index (χ2v) is 7.68. The predicted molar refractivity (Wildman–Crippen MR) is 88.2 cm³/mol. The summed E-state index contributed by atoms with van der Waals surface area (Å²) in [4.78, 5) is 14.3. The molecule has 0 saturated carbocycles. The Morgan fingerprint density at radius 1 is 1.22 bits per heavy atom. The van der Waals surface area contributed by atoms with Crippen molar-refractivity contribution in [3.63, 3.8) is 0 Å². The molecule has 1 amide bonds. The van der Waals surface area contributed by atoms with Gasteiger partial charge in [0.05, 0.1) is 7.11 Å². The number of nitrogens with zero attached hydrogens (tertiary/aromatic N) is 1. The molecule has 7 heteroatoms. The number of carbonyl (C=O) groups is 1. The molecule has 23 heavy (non-hydrogen) atoms. The molecule has 0 unspecified atom stereocenters. The molecule has 1 fully saturated rings. The maximum Gasteiger partial charge on any atom is 0.253 e. The van der Waals surface area contributed by atoms with Crippen molar-refractivity contribution < 1.29 is 17.9 Å². The Bertz CT molecular complexity index is 665. The second kappa shape index (κ2) is 7.31. The fraction of sp³-hybridized carbons (Fsp3) is 0.562. The molecule has 0 aromatic heterocycles. The number of ether oxygens (including phenoxy) is 1. The Kier molecular flexibility index (Phi) is 5.64. The molecule has 1 aliphatic rings. The summed E-state index contributed by atoms with van der Waals surface area (Å²) in [7, 11) is -2.32. The van der Waals surface area contributed by atoms with E-state index >= 15 is 0 Å². The van der Waals surface area contributed by atoms with E-state index in [9.17, 15) is 13.2 Å². The van der Waals surface area contributed by atoms with Crippen LogP contribution in [-0.2, 0) is 10.0 Å². The summed E-state index contributed by atoms with van der Waals surface area (Å²) in [6, 6.07) is 4.31. The van der Waals surface area contributed by atoms with E-state index in [0.29, 0.717) is 5.56 Å². The van der Waals surface area contributed by atoms with Gasteiger partial charge >= 0.3 is 0 Å². The number of nitrogens with one attached hydrogen (secondary N) is 1. The fourth-order valence-corrected chi connectivity index (χ4v) is 4.12. The highest BCUT2D eigenvalue weighted by Crippen LogP contribution is 2.26. The Morgan fingerprint density at radius 3 is 2.43 bits per heavy atom. The number of rotatable bonds is 5. The van der Waals surface area contributed by atoms with Crippen molar-refractivity contribution in [2.45, 2.75) is 44.0 Å². The van der Waals surface area contributed by atoms with Crippen LogP contribution in [0.25, 0.3) is 0 Å². The molecule has 0 spiro atoms. The fourth-order valence-electron chi connectivity index (χ4n) is 2.67. The molecule has 1 heterocycles. The maximum atomic E-state index is 12.6. The van der Waals surface area contributed by atoms with Gasteiger partial charge in [0.25, 0.3) is 5.91 Å². The number of carbonyl (C=O) groups excluding carboxylic acids is 1. The minimum absolute atomic E-state index is 0.00319. The zero-order valence-corrected chi connectivity index (χ0v) is 14.6. The van der Waals surface area contributed by atoms with Crippen LogP contribution in [0.5, 0.6) is 5.75 Å². The first-order valence-corrected chi connectivity index (χ1v) is 9.33. The van der Waals surface area contributed by atoms with Crippen molar-refractivity contribution >= 4 is 15.9 Å². The molecular formula is C16H24N2O4S. The van der Waals surface area contributed by atoms with Crippen LogP contribution in [0.2, 0.25) is 0 Å². The molecule has 0 radical (unpaired) electrons.